The molecule has 0 aromatic carbocycles. The molecule has 2 N–H and O–H groups in total. The third-order valence-corrected chi connectivity index (χ3v) is 3.57. The number of carbonyl (C=O) groups excluding carboxylic acids is 1. The van der Waals surface area contributed by atoms with E-state index in [1.165, 1.54) is 0 Å². The normalized spacial score (nSPS) is 23.2. The van der Waals surface area contributed by atoms with Crippen LogP contribution in [0.5, 0.6) is 0 Å². The van der Waals surface area contributed by atoms with Crippen LogP contribution in [0.4, 0.5) is 0 Å². The van der Waals surface area contributed by atoms with E-state index in [-0.39, 0.29) is 5.91 Å². The van der Waals surface area contributed by atoms with Gasteiger partial charge in [-0.25, -0.2) is 0 Å². The Labute approximate surface area is 111 Å². The number of rotatable bonds is 4. The number of amides is 1. The van der Waals surface area contributed by atoms with Crippen LogP contribution in [-0.4, -0.2) is 32.9 Å². The maximum atomic E-state index is 12.0. The molecule has 18 heavy (non-hydrogen) atoms. The summed E-state index contributed by atoms with van der Waals surface area (Å²) in [4.78, 5) is 12.0. The lowest BCUT2D eigenvalue weighted by atomic mass is 10.0. The lowest BCUT2D eigenvalue weighted by Crippen LogP contribution is -2.43. The van der Waals surface area contributed by atoms with Gasteiger partial charge in [0.25, 0.3) is 5.91 Å². The van der Waals surface area contributed by atoms with Crippen molar-refractivity contribution in [1.29, 1.82) is 0 Å². The molecule has 1 saturated heterocycles. The zero-order valence-corrected chi connectivity index (χ0v) is 11.5. The van der Waals surface area contributed by atoms with Crippen molar-refractivity contribution in [3.63, 3.8) is 0 Å². The predicted octanol–water partition coefficient (Wildman–Crippen LogP) is 1.15. The molecule has 6 nitrogen and oxygen atoms in total. The number of carbonyl (C=O) groups is 1. The second-order valence-electron chi connectivity index (χ2n) is 4.55. The molecule has 0 aliphatic carbocycles. The van der Waals surface area contributed by atoms with Crippen molar-refractivity contribution in [1.82, 2.24) is 20.1 Å². The van der Waals surface area contributed by atoms with Gasteiger partial charge in [0.05, 0.1) is 6.54 Å². The van der Waals surface area contributed by atoms with Gasteiger partial charge < -0.3 is 14.6 Å². The van der Waals surface area contributed by atoms with Crippen molar-refractivity contribution >= 4 is 18.1 Å². The number of aromatic amines is 1. The van der Waals surface area contributed by atoms with Crippen LogP contribution in [0.2, 0.25) is 0 Å². The van der Waals surface area contributed by atoms with Crippen LogP contribution in [0.15, 0.2) is 0 Å². The number of ether oxygens (including phenoxy) is 1. The molecule has 0 radical (unpaired) electrons. The standard InChI is InChI=1S/C11H18N4O2S/c1-3-15-8(13-14-10(15)18)7-12-9(16)11(2)5-4-6-17-11/h3-7H2,1-2H3,(H,12,16)(H,14,18). The van der Waals surface area contributed by atoms with E-state index in [0.29, 0.717) is 17.9 Å². The summed E-state index contributed by atoms with van der Waals surface area (Å²) in [6.45, 7) is 5.55. The quantitative estimate of drug-likeness (QED) is 0.805. The largest absolute Gasteiger partial charge is 0.365 e. The molecule has 1 aromatic rings. The maximum absolute atomic E-state index is 12.0. The minimum absolute atomic E-state index is 0.0865. The summed E-state index contributed by atoms with van der Waals surface area (Å²) in [6, 6.07) is 0. The molecular formula is C11H18N4O2S. The fraction of sp³-hybridized carbons (Fsp3) is 0.727. The molecule has 0 bridgehead atoms. The number of aromatic nitrogens is 3. The van der Waals surface area contributed by atoms with Crippen molar-refractivity contribution in [2.45, 2.75) is 45.4 Å². The molecule has 1 atom stereocenters. The van der Waals surface area contributed by atoms with Gasteiger partial charge in [-0.2, -0.15) is 5.10 Å². The van der Waals surface area contributed by atoms with Gasteiger partial charge in [0, 0.05) is 13.2 Å². The Hall–Kier alpha value is -1.21. The molecule has 1 aliphatic rings. The Kier molecular flexibility index (Phi) is 3.82. The average Bonchev–Trinajstić information content (AvgIpc) is 2.93. The monoisotopic (exact) mass is 270 g/mol. The number of hydrogen-bond donors (Lipinski definition) is 2. The Morgan fingerprint density at radius 3 is 3.11 bits per heavy atom. The second kappa shape index (κ2) is 5.19. The van der Waals surface area contributed by atoms with E-state index in [9.17, 15) is 4.79 Å². The van der Waals surface area contributed by atoms with Gasteiger partial charge in [0.1, 0.15) is 5.60 Å². The van der Waals surface area contributed by atoms with Gasteiger partial charge in [0.2, 0.25) is 0 Å². The van der Waals surface area contributed by atoms with Gasteiger partial charge in [-0.1, -0.05) is 0 Å². The molecule has 1 amide bonds. The van der Waals surface area contributed by atoms with E-state index < -0.39 is 5.60 Å². The molecule has 1 aliphatic heterocycles. The summed E-state index contributed by atoms with van der Waals surface area (Å²) in [5, 5.41) is 9.68. The SMILES string of the molecule is CCn1c(CNC(=O)C2(C)CCCO2)n[nH]c1=S. The third kappa shape index (κ3) is 2.46. The fourth-order valence-electron chi connectivity index (χ4n) is 2.12. The summed E-state index contributed by atoms with van der Waals surface area (Å²) in [5.74, 6) is 0.647. The van der Waals surface area contributed by atoms with Crippen molar-refractivity contribution in [2.75, 3.05) is 6.61 Å². The minimum atomic E-state index is -0.690. The zero-order chi connectivity index (χ0) is 13.2. The Morgan fingerprint density at radius 2 is 2.50 bits per heavy atom. The first kappa shape index (κ1) is 13.2. The maximum Gasteiger partial charge on any atom is 0.252 e. The number of nitrogens with one attached hydrogen (secondary N) is 2. The van der Waals surface area contributed by atoms with E-state index in [1.54, 1.807) is 0 Å². The first-order valence-corrected chi connectivity index (χ1v) is 6.54. The van der Waals surface area contributed by atoms with Crippen LogP contribution in [0.3, 0.4) is 0 Å². The molecule has 1 unspecified atom stereocenters. The summed E-state index contributed by atoms with van der Waals surface area (Å²) >= 11 is 5.09. The highest BCUT2D eigenvalue weighted by atomic mass is 32.1. The van der Waals surface area contributed by atoms with E-state index in [2.05, 4.69) is 15.5 Å². The molecule has 2 rings (SSSR count). The number of H-pyrrole nitrogens is 1. The zero-order valence-electron chi connectivity index (χ0n) is 10.7. The van der Waals surface area contributed by atoms with E-state index in [4.69, 9.17) is 17.0 Å². The highest BCUT2D eigenvalue weighted by molar-refractivity contribution is 7.71. The molecule has 1 aromatic heterocycles. The molecule has 0 saturated carbocycles. The van der Waals surface area contributed by atoms with Crippen LogP contribution in [-0.2, 0) is 22.6 Å². The van der Waals surface area contributed by atoms with Crippen LogP contribution >= 0.6 is 12.2 Å². The number of hydrogen-bond acceptors (Lipinski definition) is 4. The van der Waals surface area contributed by atoms with Crippen molar-refractivity contribution < 1.29 is 9.53 Å². The smallest absolute Gasteiger partial charge is 0.252 e. The molecule has 7 heteroatoms. The van der Waals surface area contributed by atoms with Crippen molar-refractivity contribution in [3.8, 4) is 0 Å². The summed E-state index contributed by atoms with van der Waals surface area (Å²) in [7, 11) is 0. The van der Waals surface area contributed by atoms with Gasteiger partial charge in [-0.15, -0.1) is 0 Å². The van der Waals surface area contributed by atoms with Crippen molar-refractivity contribution in [2.24, 2.45) is 0 Å². The van der Waals surface area contributed by atoms with E-state index in [1.807, 2.05) is 18.4 Å². The average molecular weight is 270 g/mol. The van der Waals surface area contributed by atoms with E-state index >= 15 is 0 Å². The van der Waals surface area contributed by atoms with Crippen LogP contribution in [0, 0.1) is 4.77 Å². The van der Waals surface area contributed by atoms with Crippen LogP contribution in [0.25, 0.3) is 0 Å². The first-order chi connectivity index (χ1) is 8.57. The number of nitrogens with zero attached hydrogens (tertiary/aromatic N) is 2. The highest BCUT2D eigenvalue weighted by Gasteiger charge is 2.37. The van der Waals surface area contributed by atoms with Gasteiger partial charge in [0.15, 0.2) is 10.6 Å². The van der Waals surface area contributed by atoms with Crippen LogP contribution in [0.1, 0.15) is 32.5 Å². The first-order valence-electron chi connectivity index (χ1n) is 6.13. The van der Waals surface area contributed by atoms with Gasteiger partial charge in [-0.05, 0) is 38.9 Å². The van der Waals surface area contributed by atoms with Gasteiger partial charge >= 0.3 is 0 Å². The predicted molar refractivity (Wildman–Crippen MR) is 68.5 cm³/mol. The lowest BCUT2D eigenvalue weighted by Gasteiger charge is -2.21. The summed E-state index contributed by atoms with van der Waals surface area (Å²) < 4.78 is 7.91. The Balaban J connectivity index is 1.99. The van der Waals surface area contributed by atoms with Crippen molar-refractivity contribution in [3.05, 3.63) is 10.6 Å². The molecule has 2 heterocycles. The summed E-state index contributed by atoms with van der Waals surface area (Å²) in [6.07, 6.45) is 1.69. The minimum Gasteiger partial charge on any atom is -0.365 e. The fourth-order valence-corrected chi connectivity index (χ4v) is 2.40. The van der Waals surface area contributed by atoms with Crippen LogP contribution < -0.4 is 5.32 Å². The topological polar surface area (TPSA) is 71.9 Å². The van der Waals surface area contributed by atoms with Gasteiger partial charge in [-0.3, -0.25) is 9.89 Å². The molecule has 1 fully saturated rings. The Morgan fingerprint density at radius 1 is 1.72 bits per heavy atom. The molecule has 0 spiro atoms. The second-order valence-corrected chi connectivity index (χ2v) is 4.94. The molecular weight excluding hydrogens is 252 g/mol. The molecule has 100 valence electrons. The summed E-state index contributed by atoms with van der Waals surface area (Å²) in [5.41, 5.74) is -0.690. The Bertz CT molecular complexity index is 487. The lowest BCUT2D eigenvalue weighted by molar-refractivity contribution is -0.139. The highest BCUT2D eigenvalue weighted by Crippen LogP contribution is 2.24. The third-order valence-electron chi connectivity index (χ3n) is 3.26. The van der Waals surface area contributed by atoms with E-state index in [0.717, 1.165) is 25.2 Å².